The van der Waals surface area contributed by atoms with Crippen LogP contribution in [-0.4, -0.2) is 9.85 Å². The number of rotatable bonds is 2. The van der Waals surface area contributed by atoms with Crippen molar-refractivity contribution in [1.82, 2.24) is 4.74 Å². The molecule has 0 fully saturated rings. The van der Waals surface area contributed by atoms with Crippen LogP contribution in [0, 0.1) is 0 Å². The first-order valence-electron chi connectivity index (χ1n) is 5.12. The number of benzene rings is 1. The third kappa shape index (κ3) is 2.36. The van der Waals surface area contributed by atoms with Crippen LogP contribution in [0.2, 0.25) is 0 Å². The Morgan fingerprint density at radius 3 is 2.53 bits per heavy atom. The van der Waals surface area contributed by atoms with E-state index >= 15 is 0 Å². The van der Waals surface area contributed by atoms with Crippen molar-refractivity contribution in [3.05, 3.63) is 40.2 Å². The van der Waals surface area contributed by atoms with Crippen LogP contribution >= 0.6 is 0 Å². The minimum atomic E-state index is -0.326. The van der Waals surface area contributed by atoms with E-state index in [0.29, 0.717) is 0 Å². The number of aromatic hydroxyl groups is 1. The van der Waals surface area contributed by atoms with Crippen molar-refractivity contribution in [3.63, 3.8) is 0 Å². The Hall–Kier alpha value is -1.31. The van der Waals surface area contributed by atoms with Gasteiger partial charge in [0.25, 0.3) is 5.56 Å². The Morgan fingerprint density at radius 2 is 2.00 bits per heavy atom. The smallest absolute Gasteiger partial charge is 0.318 e. The zero-order valence-corrected chi connectivity index (χ0v) is 12.3. The molecule has 1 radical (unpaired) electrons. The van der Waals surface area contributed by atoms with E-state index in [1.807, 2.05) is 31.2 Å². The molecule has 91 valence electrons. The minimum Gasteiger partial charge on any atom is -0.479 e. The van der Waals surface area contributed by atoms with Gasteiger partial charge in [-0.05, 0) is 17.5 Å². The predicted molar refractivity (Wildman–Crippen MR) is 60.4 cm³/mol. The van der Waals surface area contributed by atoms with Crippen LogP contribution in [0.15, 0.2) is 33.6 Å². The van der Waals surface area contributed by atoms with Gasteiger partial charge in [0.15, 0.2) is 0 Å². The molecule has 0 amide bonds. The van der Waals surface area contributed by atoms with E-state index in [1.54, 1.807) is 0 Å². The number of aryl methyl sites for hydroxylation is 2. The fourth-order valence-corrected chi connectivity index (χ4v) is 1.77. The van der Waals surface area contributed by atoms with E-state index < -0.39 is 0 Å². The maximum absolute atomic E-state index is 11.8. The van der Waals surface area contributed by atoms with Crippen molar-refractivity contribution in [3.8, 4) is 17.1 Å². The van der Waals surface area contributed by atoms with Gasteiger partial charge in [0.1, 0.15) is 5.56 Å². The van der Waals surface area contributed by atoms with Gasteiger partial charge in [-0.15, -0.1) is 0 Å². The van der Waals surface area contributed by atoms with Crippen molar-refractivity contribution in [2.24, 2.45) is 7.05 Å². The molecule has 0 aliphatic rings. The molecule has 1 aromatic carbocycles. The van der Waals surface area contributed by atoms with E-state index in [-0.39, 0.29) is 37.5 Å². The number of aromatic nitrogens is 1. The van der Waals surface area contributed by atoms with E-state index in [9.17, 15) is 9.90 Å². The van der Waals surface area contributed by atoms with Gasteiger partial charge >= 0.3 is 5.95 Å². The summed E-state index contributed by atoms with van der Waals surface area (Å²) in [6, 6.07) is 7.48. The second-order valence-electron chi connectivity index (χ2n) is 3.58. The zero-order valence-electron chi connectivity index (χ0n) is 9.61. The molecule has 0 atom stereocenters. The Morgan fingerprint density at radius 1 is 1.35 bits per heavy atom. The van der Waals surface area contributed by atoms with Crippen molar-refractivity contribution >= 4 is 0 Å². The van der Waals surface area contributed by atoms with Crippen molar-refractivity contribution < 1.29 is 30.1 Å². The fraction of sp³-hybridized carbons (Fsp3) is 0.250. The molecular formula is C12H13NO3Re. The van der Waals surface area contributed by atoms with Gasteiger partial charge in [-0.1, -0.05) is 31.2 Å². The van der Waals surface area contributed by atoms with E-state index in [1.165, 1.54) is 7.05 Å². The van der Waals surface area contributed by atoms with Gasteiger partial charge in [0.05, 0.1) is 0 Å². The SMILES string of the molecule is CCc1ccccc1-c1c(O)on(C)c1=O.[Re]. The van der Waals surface area contributed by atoms with Crippen LogP contribution < -0.4 is 5.56 Å². The standard InChI is InChI=1S/C12H13NO3.Re/c1-3-8-6-4-5-7-9(8)10-11(14)13(2)16-12(10)15;/h4-7,15H,3H2,1-2H3;. The Kier molecular flexibility index (Phi) is 4.33. The summed E-state index contributed by atoms with van der Waals surface area (Å²) in [7, 11) is 1.47. The first kappa shape index (κ1) is 13.8. The molecule has 0 spiro atoms. The van der Waals surface area contributed by atoms with Crippen LogP contribution in [0.1, 0.15) is 12.5 Å². The van der Waals surface area contributed by atoms with Crippen LogP contribution in [0.5, 0.6) is 5.95 Å². The summed E-state index contributed by atoms with van der Waals surface area (Å²) in [6.45, 7) is 2.00. The molecule has 5 heteroatoms. The zero-order chi connectivity index (χ0) is 11.7. The summed E-state index contributed by atoms with van der Waals surface area (Å²) in [5.74, 6) is -0.326. The molecule has 1 heterocycles. The second kappa shape index (κ2) is 5.35. The number of hydrogen-bond acceptors (Lipinski definition) is 3. The summed E-state index contributed by atoms with van der Waals surface area (Å²) in [5.41, 5.74) is 1.66. The maximum Gasteiger partial charge on any atom is 0.318 e. The van der Waals surface area contributed by atoms with Gasteiger partial charge in [-0.3, -0.25) is 4.79 Å². The van der Waals surface area contributed by atoms with E-state index in [4.69, 9.17) is 4.52 Å². The largest absolute Gasteiger partial charge is 0.479 e. The molecule has 0 unspecified atom stereocenters. The van der Waals surface area contributed by atoms with Crippen LogP contribution in [-0.2, 0) is 33.9 Å². The normalized spacial score (nSPS) is 10.0. The molecule has 0 saturated heterocycles. The maximum atomic E-state index is 11.8. The van der Waals surface area contributed by atoms with E-state index in [2.05, 4.69) is 0 Å². The van der Waals surface area contributed by atoms with Crippen LogP contribution in [0.4, 0.5) is 0 Å². The summed E-state index contributed by atoms with van der Waals surface area (Å²) in [5, 5.41) is 9.60. The molecule has 0 aliphatic carbocycles. The molecule has 1 N–H and O–H groups in total. The van der Waals surface area contributed by atoms with Gasteiger partial charge in [-0.25, -0.2) is 0 Å². The molecule has 0 saturated carbocycles. The van der Waals surface area contributed by atoms with Crippen molar-refractivity contribution in [1.29, 1.82) is 0 Å². The van der Waals surface area contributed by atoms with Crippen LogP contribution in [0.25, 0.3) is 11.1 Å². The molecule has 2 rings (SSSR count). The van der Waals surface area contributed by atoms with Gasteiger partial charge < -0.3 is 9.63 Å². The van der Waals surface area contributed by atoms with Crippen molar-refractivity contribution in [2.75, 3.05) is 0 Å². The summed E-state index contributed by atoms with van der Waals surface area (Å²) >= 11 is 0. The molecular weight excluding hydrogens is 392 g/mol. The second-order valence-corrected chi connectivity index (χ2v) is 3.58. The Labute approximate surface area is 112 Å². The van der Waals surface area contributed by atoms with Crippen molar-refractivity contribution in [2.45, 2.75) is 13.3 Å². The number of hydrogen-bond donors (Lipinski definition) is 1. The van der Waals surface area contributed by atoms with Gasteiger partial charge in [0.2, 0.25) is 0 Å². The molecule has 4 nitrogen and oxygen atoms in total. The molecule has 2 aromatic rings. The Balaban J connectivity index is 0.00000144. The summed E-state index contributed by atoms with van der Waals surface area (Å²) in [6.07, 6.45) is 0.796. The average molecular weight is 405 g/mol. The molecule has 1 aromatic heterocycles. The minimum absolute atomic E-state index is 0. The average Bonchev–Trinajstić information content (AvgIpc) is 2.53. The first-order valence-corrected chi connectivity index (χ1v) is 5.12. The predicted octanol–water partition coefficient (Wildman–Crippen LogP) is 1.91. The van der Waals surface area contributed by atoms with Gasteiger partial charge in [-0.2, -0.15) is 4.74 Å². The summed E-state index contributed by atoms with van der Waals surface area (Å²) in [4.78, 5) is 11.8. The molecule has 17 heavy (non-hydrogen) atoms. The topological polar surface area (TPSA) is 55.4 Å². The van der Waals surface area contributed by atoms with E-state index in [0.717, 1.165) is 22.3 Å². The first-order chi connectivity index (χ1) is 7.65. The Bertz CT molecular complexity index is 571. The monoisotopic (exact) mass is 406 g/mol. The van der Waals surface area contributed by atoms with Gasteiger partial charge in [0, 0.05) is 27.5 Å². The third-order valence-electron chi connectivity index (χ3n) is 2.60. The fourth-order valence-electron chi connectivity index (χ4n) is 1.77. The summed E-state index contributed by atoms with van der Waals surface area (Å²) < 4.78 is 5.88. The van der Waals surface area contributed by atoms with Crippen LogP contribution in [0.3, 0.4) is 0 Å². The third-order valence-corrected chi connectivity index (χ3v) is 2.60. The quantitative estimate of drug-likeness (QED) is 0.831. The molecule has 0 aliphatic heterocycles. The molecule has 0 bridgehead atoms. The number of nitrogens with zero attached hydrogens (tertiary/aromatic N) is 1.